The zero-order valence-electron chi connectivity index (χ0n) is 13.8. The molecule has 2 fully saturated rings. The van der Waals surface area contributed by atoms with Gasteiger partial charge in [-0.1, -0.05) is 0 Å². The number of piperidine rings is 1. The number of primary sulfonamides is 1. The average Bonchev–Trinajstić information content (AvgIpc) is 2.53. The molecule has 1 aromatic rings. The number of nitrogens with two attached hydrogens (primary N) is 2. The van der Waals surface area contributed by atoms with Gasteiger partial charge in [-0.15, -0.1) is 0 Å². The lowest BCUT2D eigenvalue weighted by Crippen LogP contribution is -2.62. The van der Waals surface area contributed by atoms with E-state index in [1.165, 1.54) is 24.3 Å². The second kappa shape index (κ2) is 6.74. The largest absolute Gasteiger partial charge is 0.369 e. The molecule has 1 aromatic carbocycles. The molecule has 136 valence electrons. The van der Waals surface area contributed by atoms with Crippen LogP contribution in [0.3, 0.4) is 0 Å². The maximum atomic E-state index is 12.4. The smallest absolute Gasteiger partial charge is 0.253 e. The van der Waals surface area contributed by atoms with Crippen molar-refractivity contribution in [3.05, 3.63) is 29.8 Å². The van der Waals surface area contributed by atoms with Crippen LogP contribution in [-0.2, 0) is 14.8 Å². The molecule has 2 aliphatic heterocycles. The second-order valence-electron chi connectivity index (χ2n) is 6.65. The van der Waals surface area contributed by atoms with Gasteiger partial charge in [-0.25, -0.2) is 13.6 Å². The predicted octanol–water partition coefficient (Wildman–Crippen LogP) is -0.644. The lowest BCUT2D eigenvalue weighted by Gasteiger charge is -2.47. The van der Waals surface area contributed by atoms with Crippen LogP contribution in [0.25, 0.3) is 0 Å². The van der Waals surface area contributed by atoms with Crippen molar-refractivity contribution in [1.82, 2.24) is 9.80 Å². The van der Waals surface area contributed by atoms with Crippen LogP contribution in [0.4, 0.5) is 0 Å². The van der Waals surface area contributed by atoms with E-state index in [4.69, 9.17) is 10.9 Å². The van der Waals surface area contributed by atoms with Crippen molar-refractivity contribution in [2.24, 2.45) is 16.8 Å². The number of sulfonamides is 1. The standard InChI is InChI=1S/C16H22N4O4S/c17-15(21)11-5-7-19(8-6-11)13-9-20(10-13)16(22)12-1-3-14(4-2-12)25(18,23)24/h1-4,11,13H,5-10H2,(H2,17,21)(H2,18,23,24). The molecule has 0 aliphatic carbocycles. The predicted molar refractivity (Wildman–Crippen MR) is 91.0 cm³/mol. The number of primary amides is 1. The van der Waals surface area contributed by atoms with Gasteiger partial charge >= 0.3 is 0 Å². The van der Waals surface area contributed by atoms with Crippen molar-refractivity contribution < 1.29 is 18.0 Å². The summed E-state index contributed by atoms with van der Waals surface area (Å²) in [7, 11) is -3.76. The Morgan fingerprint density at radius 2 is 1.60 bits per heavy atom. The molecule has 0 unspecified atom stereocenters. The molecule has 2 aliphatic rings. The van der Waals surface area contributed by atoms with Crippen LogP contribution in [0.2, 0.25) is 0 Å². The zero-order valence-corrected chi connectivity index (χ0v) is 14.6. The van der Waals surface area contributed by atoms with Crippen molar-refractivity contribution in [2.45, 2.75) is 23.8 Å². The molecule has 25 heavy (non-hydrogen) atoms. The Morgan fingerprint density at radius 3 is 2.08 bits per heavy atom. The maximum Gasteiger partial charge on any atom is 0.253 e. The molecule has 9 heteroatoms. The van der Waals surface area contributed by atoms with Gasteiger partial charge in [0, 0.05) is 30.6 Å². The molecule has 0 bridgehead atoms. The van der Waals surface area contributed by atoms with Crippen molar-refractivity contribution in [3.63, 3.8) is 0 Å². The third-order valence-electron chi connectivity index (χ3n) is 5.03. The summed E-state index contributed by atoms with van der Waals surface area (Å²) in [5.74, 6) is -0.386. The second-order valence-corrected chi connectivity index (χ2v) is 8.21. The minimum atomic E-state index is -3.76. The number of rotatable bonds is 4. The molecule has 0 aromatic heterocycles. The molecular formula is C16H22N4O4S. The lowest BCUT2D eigenvalue weighted by atomic mass is 9.93. The summed E-state index contributed by atoms with van der Waals surface area (Å²) in [4.78, 5) is 27.6. The highest BCUT2D eigenvalue weighted by Crippen LogP contribution is 2.24. The van der Waals surface area contributed by atoms with E-state index in [0.717, 1.165) is 25.9 Å². The Kier molecular flexibility index (Phi) is 4.81. The van der Waals surface area contributed by atoms with Crippen molar-refractivity contribution in [1.29, 1.82) is 0 Å². The van der Waals surface area contributed by atoms with Gasteiger partial charge < -0.3 is 10.6 Å². The van der Waals surface area contributed by atoms with E-state index < -0.39 is 10.0 Å². The maximum absolute atomic E-state index is 12.4. The molecule has 0 atom stereocenters. The lowest BCUT2D eigenvalue weighted by molar-refractivity contribution is -0.123. The average molecular weight is 366 g/mol. The van der Waals surface area contributed by atoms with Gasteiger partial charge in [0.15, 0.2) is 0 Å². The van der Waals surface area contributed by atoms with Crippen LogP contribution in [0.15, 0.2) is 29.2 Å². The van der Waals surface area contributed by atoms with Crippen molar-refractivity contribution in [3.8, 4) is 0 Å². The molecule has 0 saturated carbocycles. The summed E-state index contributed by atoms with van der Waals surface area (Å²) in [6.45, 7) is 2.92. The monoisotopic (exact) mass is 366 g/mol. The molecule has 2 amide bonds. The number of hydrogen-bond acceptors (Lipinski definition) is 5. The number of benzene rings is 1. The minimum absolute atomic E-state index is 0.0112. The van der Waals surface area contributed by atoms with Crippen LogP contribution in [0.5, 0.6) is 0 Å². The Balaban J connectivity index is 1.53. The minimum Gasteiger partial charge on any atom is -0.369 e. The topological polar surface area (TPSA) is 127 Å². The van der Waals surface area contributed by atoms with Gasteiger partial charge in [-0.3, -0.25) is 14.5 Å². The number of carbonyl (C=O) groups excluding carboxylic acids is 2. The summed E-state index contributed by atoms with van der Waals surface area (Å²) < 4.78 is 22.5. The Hall–Kier alpha value is -1.97. The van der Waals surface area contributed by atoms with Crippen LogP contribution < -0.4 is 10.9 Å². The SMILES string of the molecule is NC(=O)C1CCN(C2CN(C(=O)c3ccc(S(N)(=O)=O)cc3)C2)CC1. The first-order chi connectivity index (χ1) is 11.8. The number of amides is 2. The van der Waals surface area contributed by atoms with E-state index in [1.807, 2.05) is 0 Å². The summed E-state index contributed by atoms with van der Waals surface area (Å²) >= 11 is 0. The highest BCUT2D eigenvalue weighted by atomic mass is 32.2. The first-order valence-electron chi connectivity index (χ1n) is 8.21. The van der Waals surface area contributed by atoms with E-state index >= 15 is 0 Å². The van der Waals surface area contributed by atoms with E-state index in [1.54, 1.807) is 4.90 Å². The molecule has 2 saturated heterocycles. The van der Waals surface area contributed by atoms with Crippen molar-refractivity contribution in [2.75, 3.05) is 26.2 Å². The molecule has 3 rings (SSSR count). The van der Waals surface area contributed by atoms with E-state index in [-0.39, 0.29) is 22.6 Å². The number of likely N-dealkylation sites (tertiary alicyclic amines) is 2. The van der Waals surface area contributed by atoms with Gasteiger partial charge in [0.1, 0.15) is 0 Å². The third-order valence-corrected chi connectivity index (χ3v) is 5.96. The summed E-state index contributed by atoms with van der Waals surface area (Å²) in [5.41, 5.74) is 5.79. The van der Waals surface area contributed by atoms with Gasteiger partial charge in [-0.2, -0.15) is 0 Å². The van der Waals surface area contributed by atoms with E-state index in [2.05, 4.69) is 4.90 Å². The highest BCUT2D eigenvalue weighted by molar-refractivity contribution is 7.89. The van der Waals surface area contributed by atoms with Gasteiger partial charge in [-0.05, 0) is 50.2 Å². The normalized spacial score (nSPS) is 20.3. The molecular weight excluding hydrogens is 344 g/mol. The zero-order chi connectivity index (χ0) is 18.2. The third kappa shape index (κ3) is 3.83. The first-order valence-corrected chi connectivity index (χ1v) is 9.76. The van der Waals surface area contributed by atoms with Gasteiger partial charge in [0.05, 0.1) is 4.90 Å². The quantitative estimate of drug-likeness (QED) is 0.732. The number of nitrogens with zero attached hydrogens (tertiary/aromatic N) is 2. The fourth-order valence-electron chi connectivity index (χ4n) is 3.37. The molecule has 0 spiro atoms. The van der Waals surface area contributed by atoms with Gasteiger partial charge in [0.2, 0.25) is 15.9 Å². The molecule has 4 N–H and O–H groups in total. The Bertz CT molecular complexity index is 764. The fraction of sp³-hybridized carbons (Fsp3) is 0.500. The van der Waals surface area contributed by atoms with Gasteiger partial charge in [0.25, 0.3) is 5.91 Å². The van der Waals surface area contributed by atoms with Crippen LogP contribution in [0, 0.1) is 5.92 Å². The highest BCUT2D eigenvalue weighted by Gasteiger charge is 2.37. The summed E-state index contributed by atoms with van der Waals surface area (Å²) in [5, 5.41) is 5.05. The van der Waals surface area contributed by atoms with E-state index in [9.17, 15) is 18.0 Å². The number of hydrogen-bond donors (Lipinski definition) is 2. The van der Waals surface area contributed by atoms with Crippen LogP contribution in [-0.4, -0.2) is 62.3 Å². The van der Waals surface area contributed by atoms with Crippen molar-refractivity contribution >= 4 is 21.8 Å². The first kappa shape index (κ1) is 17.8. The van der Waals surface area contributed by atoms with Crippen LogP contribution in [0.1, 0.15) is 23.2 Å². The summed E-state index contributed by atoms with van der Waals surface area (Å²) in [6, 6.07) is 5.95. The fourth-order valence-corrected chi connectivity index (χ4v) is 3.89. The Morgan fingerprint density at radius 1 is 1.04 bits per heavy atom. The summed E-state index contributed by atoms with van der Waals surface area (Å²) in [6.07, 6.45) is 1.55. The number of carbonyl (C=O) groups is 2. The molecule has 0 radical (unpaired) electrons. The molecule has 2 heterocycles. The van der Waals surface area contributed by atoms with E-state index in [0.29, 0.717) is 24.7 Å². The molecule has 8 nitrogen and oxygen atoms in total. The van der Waals surface area contributed by atoms with Crippen LogP contribution >= 0.6 is 0 Å². The Labute approximate surface area is 146 Å².